The quantitative estimate of drug-likeness (QED) is 0.101. The van der Waals surface area contributed by atoms with Crippen LogP contribution in [0.3, 0.4) is 0 Å². The molecule has 0 aliphatic carbocycles. The molecule has 0 saturated carbocycles. The van der Waals surface area contributed by atoms with Crippen LogP contribution in [0.15, 0.2) is 24.3 Å². The van der Waals surface area contributed by atoms with E-state index in [1.54, 1.807) is 24.3 Å². The van der Waals surface area contributed by atoms with Gasteiger partial charge in [-0.3, -0.25) is 18.2 Å². The SMILES string of the molecule is CC(C)(C)c1cc(COP(=O)(O)S(=O)(=O)O)cc(C(C)(C)C)c1O.CC(C)(C)c1cc(COP(=O)(O)S(=O)(=O)O)cc(C(C)(C)C)c1O.[CaH2]. The predicted molar refractivity (Wildman–Crippen MR) is 192 cm³/mol. The van der Waals surface area contributed by atoms with Crippen LogP contribution >= 0.6 is 13.6 Å². The van der Waals surface area contributed by atoms with Crippen molar-refractivity contribution >= 4 is 70.8 Å². The van der Waals surface area contributed by atoms with Crippen LogP contribution in [0.2, 0.25) is 0 Å². The molecule has 0 radical (unpaired) electrons. The zero-order valence-corrected chi connectivity index (χ0v) is 32.8. The standard InChI is InChI=1S/2C15H25O7PS.Ca.2H/c2*1-14(2,3)11-7-10(8-12(13(11)16)15(4,5)6)9-22-23(17,18)24(19,20)21;;;/h2*7-8,16H,9H2,1-6H3,(H,17,18)(H,19,20,21);;;. The first kappa shape index (κ1) is 48.4. The molecule has 0 fully saturated rings. The molecule has 14 nitrogen and oxygen atoms in total. The van der Waals surface area contributed by atoms with E-state index < -0.39 is 67.9 Å². The van der Waals surface area contributed by atoms with Gasteiger partial charge in [0.2, 0.25) is 0 Å². The molecule has 0 spiro atoms. The van der Waals surface area contributed by atoms with Gasteiger partial charge in [-0.2, -0.15) is 16.8 Å². The molecule has 2 unspecified atom stereocenters. The van der Waals surface area contributed by atoms with Crippen LogP contribution < -0.4 is 0 Å². The Morgan fingerprint density at radius 2 is 0.714 bits per heavy atom. The summed E-state index contributed by atoms with van der Waals surface area (Å²) in [4.78, 5) is 18.5. The Bertz CT molecular complexity index is 1610. The summed E-state index contributed by atoms with van der Waals surface area (Å²) in [5.41, 5.74) is 1.61. The summed E-state index contributed by atoms with van der Waals surface area (Å²) in [6.45, 7) is 11.4. The molecule has 0 heterocycles. The van der Waals surface area contributed by atoms with Gasteiger partial charge in [0.15, 0.2) is 0 Å². The second-order valence-electron chi connectivity index (χ2n) is 15.5. The number of hydrogen-bond acceptors (Lipinski definition) is 10. The predicted octanol–water partition coefficient (Wildman–Crippen LogP) is 6.07. The van der Waals surface area contributed by atoms with Crippen molar-refractivity contribution in [2.24, 2.45) is 0 Å². The van der Waals surface area contributed by atoms with Gasteiger partial charge >= 0.3 is 70.8 Å². The Morgan fingerprint density at radius 1 is 0.531 bits per heavy atom. The van der Waals surface area contributed by atoms with Gasteiger partial charge in [-0.05, 0) is 79.3 Å². The van der Waals surface area contributed by atoms with E-state index in [-0.39, 0.29) is 49.2 Å². The van der Waals surface area contributed by atoms with E-state index in [2.05, 4.69) is 9.05 Å². The van der Waals surface area contributed by atoms with E-state index in [1.807, 2.05) is 83.1 Å². The first-order valence-corrected chi connectivity index (χ1v) is 21.8. The molecule has 0 aliphatic heterocycles. The van der Waals surface area contributed by atoms with Crippen LogP contribution in [0.25, 0.3) is 0 Å². The molecule has 0 aliphatic rings. The van der Waals surface area contributed by atoms with E-state index in [1.165, 1.54) is 0 Å². The molecular weight excluding hydrogens is 750 g/mol. The van der Waals surface area contributed by atoms with Gasteiger partial charge in [0.25, 0.3) is 0 Å². The molecule has 2 aromatic rings. The van der Waals surface area contributed by atoms with E-state index >= 15 is 0 Å². The van der Waals surface area contributed by atoms with E-state index in [9.17, 15) is 46.0 Å². The van der Waals surface area contributed by atoms with E-state index in [0.29, 0.717) is 33.4 Å². The third-order valence-electron chi connectivity index (χ3n) is 6.94. The minimum atomic E-state index is -5.22. The molecule has 2 atom stereocenters. The zero-order valence-electron chi connectivity index (χ0n) is 29.4. The number of aromatic hydroxyl groups is 2. The summed E-state index contributed by atoms with van der Waals surface area (Å²) in [7, 11) is -10.4. The van der Waals surface area contributed by atoms with Crippen LogP contribution in [-0.2, 0) is 72.5 Å². The average molecular weight is 803 g/mol. The Labute approximate surface area is 319 Å². The van der Waals surface area contributed by atoms with Crippen LogP contribution in [0.1, 0.15) is 116 Å². The summed E-state index contributed by atoms with van der Waals surface area (Å²) in [5, 5.41) is 21.1. The Balaban J connectivity index is 0.000000922. The molecule has 19 heteroatoms. The maximum atomic E-state index is 11.5. The van der Waals surface area contributed by atoms with Gasteiger partial charge in [0.05, 0.1) is 13.2 Å². The Kier molecular flexibility index (Phi) is 16.0. The molecule has 2 rings (SSSR count). The van der Waals surface area contributed by atoms with Crippen molar-refractivity contribution in [3.8, 4) is 11.5 Å². The molecule has 280 valence electrons. The number of phenolic OH excluding ortho intramolecular Hbond substituents is 2. The topological polar surface area (TPSA) is 242 Å². The van der Waals surface area contributed by atoms with Crippen molar-refractivity contribution in [2.75, 3.05) is 0 Å². The summed E-state index contributed by atoms with van der Waals surface area (Å²) in [6.07, 6.45) is 0. The van der Waals surface area contributed by atoms with Crippen molar-refractivity contribution in [3.05, 3.63) is 57.6 Å². The number of phenols is 2. The number of benzene rings is 2. The average Bonchev–Trinajstić information content (AvgIpc) is 2.83. The normalized spacial score (nSPS) is 15.7. The summed E-state index contributed by atoms with van der Waals surface area (Å²) < 4.78 is 93.0. The van der Waals surface area contributed by atoms with Crippen LogP contribution in [-0.4, -0.2) is 83.7 Å². The first-order valence-electron chi connectivity index (χ1n) is 14.6. The van der Waals surface area contributed by atoms with E-state index in [4.69, 9.17) is 9.11 Å². The fourth-order valence-corrected chi connectivity index (χ4v) is 6.29. The van der Waals surface area contributed by atoms with Crippen molar-refractivity contribution in [1.82, 2.24) is 0 Å². The molecule has 6 N–H and O–H groups in total. The fourth-order valence-electron chi connectivity index (χ4n) is 4.29. The van der Waals surface area contributed by atoms with Crippen molar-refractivity contribution in [1.29, 1.82) is 0 Å². The molecule has 0 saturated heterocycles. The van der Waals surface area contributed by atoms with Gasteiger partial charge in [-0.1, -0.05) is 83.1 Å². The summed E-state index contributed by atoms with van der Waals surface area (Å²) in [5.74, 6) is 0.251. The molecule has 49 heavy (non-hydrogen) atoms. The second-order valence-corrected chi connectivity index (χ2v) is 25.2. The van der Waals surface area contributed by atoms with Gasteiger partial charge in [-0.25, -0.2) is 9.13 Å². The molecule has 0 aromatic heterocycles. The van der Waals surface area contributed by atoms with Gasteiger partial charge in [-0.15, -0.1) is 0 Å². The fraction of sp³-hybridized carbons (Fsp3) is 0.600. The van der Waals surface area contributed by atoms with Gasteiger partial charge < -0.3 is 20.0 Å². The van der Waals surface area contributed by atoms with Gasteiger partial charge in [0, 0.05) is 0 Å². The van der Waals surface area contributed by atoms with Gasteiger partial charge in [0.1, 0.15) is 11.5 Å². The van der Waals surface area contributed by atoms with Crippen LogP contribution in [0.4, 0.5) is 0 Å². The Hall–Kier alpha value is -0.580. The monoisotopic (exact) mass is 802 g/mol. The minimum absolute atomic E-state index is 0. The molecule has 2 aromatic carbocycles. The van der Waals surface area contributed by atoms with E-state index in [0.717, 1.165) is 0 Å². The molecule has 0 bridgehead atoms. The van der Waals surface area contributed by atoms with Crippen LogP contribution in [0.5, 0.6) is 11.5 Å². The van der Waals surface area contributed by atoms with Crippen molar-refractivity contribution in [3.63, 3.8) is 0 Å². The maximum absolute atomic E-state index is 11.5. The summed E-state index contributed by atoms with van der Waals surface area (Å²) >= 11 is 0. The van der Waals surface area contributed by atoms with Crippen LogP contribution in [0, 0.1) is 0 Å². The third kappa shape index (κ3) is 13.4. The molecular formula is C30H52CaO14P2S2. The Morgan fingerprint density at radius 3 is 0.857 bits per heavy atom. The van der Waals surface area contributed by atoms with Crippen molar-refractivity contribution < 1.29 is 64.1 Å². The van der Waals surface area contributed by atoms with Crippen molar-refractivity contribution in [2.45, 2.75) is 118 Å². The third-order valence-corrected chi connectivity index (χ3v) is 13.2. The zero-order chi connectivity index (χ0) is 38.3. The second kappa shape index (κ2) is 16.2. The number of rotatable bonds is 8. The first-order chi connectivity index (χ1) is 20.9. The number of hydrogen-bond donors (Lipinski definition) is 6. The summed E-state index contributed by atoms with van der Waals surface area (Å²) in [6, 6.07) is 6.37. The molecule has 0 amide bonds.